The van der Waals surface area contributed by atoms with Gasteiger partial charge in [0.15, 0.2) is 6.61 Å². The normalized spacial score (nSPS) is 10.9. The molecule has 0 unspecified atom stereocenters. The molecule has 0 saturated carbocycles. The number of aromatic amines is 1. The van der Waals surface area contributed by atoms with Crippen LogP contribution >= 0.6 is 0 Å². The highest BCUT2D eigenvalue weighted by molar-refractivity contribution is 6.09. The van der Waals surface area contributed by atoms with Gasteiger partial charge in [-0.1, -0.05) is 32.0 Å². The molecule has 3 rings (SSSR count). The van der Waals surface area contributed by atoms with Crippen LogP contribution in [0.25, 0.3) is 10.9 Å². The van der Waals surface area contributed by atoms with Crippen LogP contribution in [0.15, 0.2) is 54.7 Å². The van der Waals surface area contributed by atoms with Crippen LogP contribution in [0.1, 0.15) is 34.6 Å². The molecule has 2 aromatic carbocycles. The van der Waals surface area contributed by atoms with Crippen LogP contribution < -0.4 is 4.74 Å². The summed E-state index contributed by atoms with van der Waals surface area (Å²) in [5, 5.41) is 0.820. The number of para-hydroxylation sites is 1. The second kappa shape index (κ2) is 7.87. The molecule has 5 heteroatoms. The number of rotatable bonds is 7. The van der Waals surface area contributed by atoms with Crippen LogP contribution in [0, 0.1) is 5.92 Å². The second-order valence-electron chi connectivity index (χ2n) is 6.48. The predicted molar refractivity (Wildman–Crippen MR) is 99.7 cm³/mol. The number of nitrogens with one attached hydrogen (secondary N) is 1. The fourth-order valence-electron chi connectivity index (χ4n) is 2.54. The first-order valence-electron chi connectivity index (χ1n) is 8.54. The largest absolute Gasteiger partial charge is 0.493 e. The van der Waals surface area contributed by atoms with Gasteiger partial charge in [0.25, 0.3) is 0 Å². The van der Waals surface area contributed by atoms with E-state index in [0.717, 1.165) is 10.9 Å². The summed E-state index contributed by atoms with van der Waals surface area (Å²) in [5.41, 5.74) is 1.78. The number of carbonyl (C=O) groups excluding carboxylic acids is 2. The van der Waals surface area contributed by atoms with E-state index in [1.54, 1.807) is 30.5 Å². The van der Waals surface area contributed by atoms with E-state index < -0.39 is 5.97 Å². The second-order valence-corrected chi connectivity index (χ2v) is 6.48. The van der Waals surface area contributed by atoms with Crippen molar-refractivity contribution in [2.24, 2.45) is 5.92 Å². The van der Waals surface area contributed by atoms with Crippen molar-refractivity contribution >= 4 is 22.7 Å². The number of carbonyl (C=O) groups is 2. The van der Waals surface area contributed by atoms with E-state index >= 15 is 0 Å². The van der Waals surface area contributed by atoms with Crippen LogP contribution in [0.4, 0.5) is 0 Å². The van der Waals surface area contributed by atoms with Gasteiger partial charge in [0.2, 0.25) is 5.78 Å². The van der Waals surface area contributed by atoms with E-state index in [1.165, 1.54) is 0 Å². The number of H-pyrrole nitrogens is 1. The van der Waals surface area contributed by atoms with E-state index in [1.807, 2.05) is 24.3 Å². The van der Waals surface area contributed by atoms with Crippen LogP contribution in [0.3, 0.4) is 0 Å². The SMILES string of the molecule is CC(C)COc1ccc(C(=O)OCC(=O)c2c[nH]c3ccccc23)cc1. The maximum Gasteiger partial charge on any atom is 0.338 e. The van der Waals surface area contributed by atoms with Crippen LogP contribution in [0.5, 0.6) is 5.75 Å². The summed E-state index contributed by atoms with van der Waals surface area (Å²) in [6.07, 6.45) is 1.64. The van der Waals surface area contributed by atoms with Crippen molar-refractivity contribution in [3.8, 4) is 5.75 Å². The Bertz CT molecular complexity index is 909. The molecule has 0 saturated heterocycles. The minimum atomic E-state index is -0.534. The minimum absolute atomic E-state index is 0.243. The molecule has 0 spiro atoms. The summed E-state index contributed by atoms with van der Waals surface area (Å²) in [6, 6.07) is 14.2. The van der Waals surface area contributed by atoms with Gasteiger partial charge in [-0.25, -0.2) is 4.79 Å². The lowest BCUT2D eigenvalue weighted by molar-refractivity contribution is 0.0475. The molecule has 3 aromatic rings. The van der Waals surface area contributed by atoms with Gasteiger partial charge < -0.3 is 14.5 Å². The number of hydrogen-bond donors (Lipinski definition) is 1. The lowest BCUT2D eigenvalue weighted by Gasteiger charge is -2.09. The summed E-state index contributed by atoms with van der Waals surface area (Å²) in [7, 11) is 0. The standard InChI is InChI=1S/C21H21NO4/c1-14(2)12-25-16-9-7-15(8-10-16)21(24)26-13-20(23)18-11-22-19-6-4-3-5-17(18)19/h3-11,14,22H,12-13H2,1-2H3. The molecule has 134 valence electrons. The molecule has 1 aromatic heterocycles. The molecule has 0 aliphatic carbocycles. The molecule has 0 aliphatic heterocycles. The van der Waals surface area contributed by atoms with Gasteiger partial charge in [-0.2, -0.15) is 0 Å². The fourth-order valence-corrected chi connectivity index (χ4v) is 2.54. The Morgan fingerprint density at radius 3 is 2.50 bits per heavy atom. The maximum absolute atomic E-state index is 12.3. The minimum Gasteiger partial charge on any atom is -0.493 e. The average molecular weight is 351 g/mol. The number of ether oxygens (including phenoxy) is 2. The Labute approximate surface area is 151 Å². The van der Waals surface area contributed by atoms with E-state index in [9.17, 15) is 9.59 Å². The van der Waals surface area contributed by atoms with Gasteiger partial charge in [-0.15, -0.1) is 0 Å². The quantitative estimate of drug-likeness (QED) is 0.510. The Morgan fingerprint density at radius 1 is 1.04 bits per heavy atom. The van der Waals surface area contributed by atoms with Crippen molar-refractivity contribution in [3.05, 3.63) is 65.9 Å². The lowest BCUT2D eigenvalue weighted by atomic mass is 10.1. The first-order valence-corrected chi connectivity index (χ1v) is 8.54. The zero-order valence-corrected chi connectivity index (χ0v) is 14.8. The molecule has 0 bridgehead atoms. The molecular formula is C21H21NO4. The molecule has 5 nitrogen and oxygen atoms in total. The summed E-state index contributed by atoms with van der Waals surface area (Å²) in [5.74, 6) is 0.349. The van der Waals surface area contributed by atoms with Crippen molar-refractivity contribution in [1.29, 1.82) is 0 Å². The molecule has 0 amide bonds. The highest BCUT2D eigenvalue weighted by Gasteiger charge is 2.15. The molecule has 26 heavy (non-hydrogen) atoms. The number of aromatic nitrogens is 1. The number of fused-ring (bicyclic) bond motifs is 1. The van der Waals surface area contributed by atoms with Crippen molar-refractivity contribution in [2.45, 2.75) is 13.8 Å². The molecule has 0 aliphatic rings. The first kappa shape index (κ1) is 17.7. The van der Waals surface area contributed by atoms with Gasteiger partial charge in [0.05, 0.1) is 12.2 Å². The Hall–Kier alpha value is -3.08. The number of hydrogen-bond acceptors (Lipinski definition) is 4. The third-order valence-corrected chi connectivity index (χ3v) is 3.90. The van der Waals surface area contributed by atoms with Gasteiger partial charge in [-0.05, 0) is 36.2 Å². The van der Waals surface area contributed by atoms with Gasteiger partial charge in [0, 0.05) is 22.7 Å². The molecule has 0 fully saturated rings. The zero-order chi connectivity index (χ0) is 18.5. The monoisotopic (exact) mass is 351 g/mol. The number of Topliss-reactive ketones (excluding diaryl/α,β-unsaturated/α-hetero) is 1. The van der Waals surface area contributed by atoms with Gasteiger partial charge >= 0.3 is 5.97 Å². The van der Waals surface area contributed by atoms with Crippen molar-refractivity contribution in [3.63, 3.8) is 0 Å². The Kier molecular flexibility index (Phi) is 5.37. The lowest BCUT2D eigenvalue weighted by Crippen LogP contribution is -2.14. The van der Waals surface area contributed by atoms with E-state index in [2.05, 4.69) is 18.8 Å². The third kappa shape index (κ3) is 4.11. The Morgan fingerprint density at radius 2 is 1.77 bits per heavy atom. The summed E-state index contributed by atoms with van der Waals surface area (Å²) >= 11 is 0. The van der Waals surface area contributed by atoms with Crippen LogP contribution in [-0.4, -0.2) is 30.0 Å². The number of benzene rings is 2. The first-order chi connectivity index (χ1) is 12.5. The fraction of sp³-hybridized carbons (Fsp3) is 0.238. The van der Waals surface area contributed by atoms with Gasteiger partial charge in [0.1, 0.15) is 5.75 Å². The molecule has 0 radical (unpaired) electrons. The predicted octanol–water partition coefficient (Wildman–Crippen LogP) is 4.24. The summed E-state index contributed by atoms with van der Waals surface area (Å²) in [4.78, 5) is 27.5. The summed E-state index contributed by atoms with van der Waals surface area (Å²) in [6.45, 7) is 4.45. The topological polar surface area (TPSA) is 68.4 Å². The van der Waals surface area contributed by atoms with E-state index in [-0.39, 0.29) is 12.4 Å². The van der Waals surface area contributed by atoms with E-state index in [0.29, 0.717) is 29.4 Å². The van der Waals surface area contributed by atoms with E-state index in [4.69, 9.17) is 9.47 Å². The number of ketones is 1. The molecule has 1 N–H and O–H groups in total. The van der Waals surface area contributed by atoms with Crippen molar-refractivity contribution in [1.82, 2.24) is 4.98 Å². The van der Waals surface area contributed by atoms with Crippen LogP contribution in [0.2, 0.25) is 0 Å². The highest BCUT2D eigenvalue weighted by Crippen LogP contribution is 2.19. The molecule has 0 atom stereocenters. The molecular weight excluding hydrogens is 330 g/mol. The van der Waals surface area contributed by atoms with Gasteiger partial charge in [-0.3, -0.25) is 4.79 Å². The zero-order valence-electron chi connectivity index (χ0n) is 14.8. The average Bonchev–Trinajstić information content (AvgIpc) is 3.09. The maximum atomic E-state index is 12.3. The number of esters is 1. The highest BCUT2D eigenvalue weighted by atomic mass is 16.5. The van der Waals surface area contributed by atoms with Crippen molar-refractivity contribution < 1.29 is 19.1 Å². The molecule has 1 heterocycles. The van der Waals surface area contributed by atoms with Crippen LogP contribution in [-0.2, 0) is 4.74 Å². The third-order valence-electron chi connectivity index (χ3n) is 3.90. The smallest absolute Gasteiger partial charge is 0.338 e. The summed E-state index contributed by atoms with van der Waals surface area (Å²) < 4.78 is 10.7. The Balaban J connectivity index is 1.59. The van der Waals surface area contributed by atoms with Crippen molar-refractivity contribution in [2.75, 3.05) is 13.2 Å².